The van der Waals surface area contributed by atoms with Gasteiger partial charge in [-0.05, 0) is 50.5 Å². The van der Waals surface area contributed by atoms with Gasteiger partial charge in [0.1, 0.15) is 11.3 Å². The summed E-state index contributed by atoms with van der Waals surface area (Å²) in [5.41, 5.74) is 3.71. The summed E-state index contributed by atoms with van der Waals surface area (Å²) >= 11 is 0. The van der Waals surface area contributed by atoms with Crippen LogP contribution in [0.15, 0.2) is 41.2 Å². The number of carbonyl (C=O) groups is 1. The van der Waals surface area contributed by atoms with Crippen molar-refractivity contribution >= 4 is 22.5 Å². The molecule has 132 valence electrons. The van der Waals surface area contributed by atoms with Crippen LogP contribution in [0.25, 0.3) is 10.9 Å². The minimum Gasteiger partial charge on any atom is -0.506 e. The van der Waals surface area contributed by atoms with Gasteiger partial charge in [0, 0.05) is 17.1 Å². The van der Waals surface area contributed by atoms with E-state index in [1.54, 1.807) is 16.7 Å². The Morgan fingerprint density at radius 1 is 1.23 bits per heavy atom. The first-order chi connectivity index (χ1) is 12.4. The van der Waals surface area contributed by atoms with E-state index in [0.29, 0.717) is 17.5 Å². The predicted octanol–water partition coefficient (Wildman–Crippen LogP) is 3.69. The van der Waals surface area contributed by atoms with Crippen LogP contribution >= 0.6 is 0 Å². The number of aromatic hydroxyl groups is 1. The predicted molar refractivity (Wildman–Crippen MR) is 102 cm³/mol. The van der Waals surface area contributed by atoms with Gasteiger partial charge in [0.2, 0.25) is 0 Å². The molecule has 3 aromatic rings. The first kappa shape index (κ1) is 16.4. The molecule has 1 aliphatic rings. The monoisotopic (exact) mass is 348 g/mol. The fraction of sp³-hybridized carbons (Fsp3) is 0.238. The molecule has 0 bridgehead atoms. The third-order valence-corrected chi connectivity index (χ3v) is 5.10. The molecule has 0 radical (unpaired) electrons. The number of anilines is 1. The Hall–Kier alpha value is -3.08. The molecule has 5 heteroatoms. The minimum atomic E-state index is -0.588. The smallest absolute Gasteiger partial charge is 0.268 e. The van der Waals surface area contributed by atoms with Crippen molar-refractivity contribution in [3.8, 4) is 5.75 Å². The van der Waals surface area contributed by atoms with E-state index in [1.165, 1.54) is 0 Å². The van der Waals surface area contributed by atoms with Crippen molar-refractivity contribution in [1.82, 2.24) is 4.57 Å². The van der Waals surface area contributed by atoms with Crippen molar-refractivity contribution in [2.45, 2.75) is 33.2 Å². The highest BCUT2D eigenvalue weighted by molar-refractivity contribution is 6.09. The highest BCUT2D eigenvalue weighted by Crippen LogP contribution is 2.36. The molecule has 1 atom stereocenters. The summed E-state index contributed by atoms with van der Waals surface area (Å²) in [6, 6.07) is 11.1. The molecule has 0 aliphatic carbocycles. The van der Waals surface area contributed by atoms with Crippen LogP contribution < -0.4 is 10.9 Å². The molecule has 0 spiro atoms. The Morgan fingerprint density at radius 2 is 2.00 bits per heavy atom. The van der Waals surface area contributed by atoms with Crippen LogP contribution in [-0.4, -0.2) is 15.6 Å². The van der Waals surface area contributed by atoms with E-state index < -0.39 is 11.5 Å². The maximum Gasteiger partial charge on any atom is 0.268 e. The number of nitrogens with one attached hydrogen (secondary N) is 1. The average Bonchev–Trinajstić information content (AvgIpc) is 2.92. The van der Waals surface area contributed by atoms with Gasteiger partial charge in [-0.25, -0.2) is 0 Å². The molecule has 5 nitrogen and oxygen atoms in total. The summed E-state index contributed by atoms with van der Waals surface area (Å²) in [6.45, 7) is 5.81. The summed E-state index contributed by atoms with van der Waals surface area (Å²) in [5, 5.41) is 14.0. The molecule has 26 heavy (non-hydrogen) atoms. The zero-order valence-electron chi connectivity index (χ0n) is 15.0. The zero-order valence-corrected chi connectivity index (χ0v) is 15.0. The molecule has 2 aromatic carbocycles. The lowest BCUT2D eigenvalue weighted by Gasteiger charge is -2.15. The largest absolute Gasteiger partial charge is 0.506 e. The van der Waals surface area contributed by atoms with E-state index >= 15 is 0 Å². The first-order valence-electron chi connectivity index (χ1n) is 8.66. The van der Waals surface area contributed by atoms with Crippen LogP contribution in [0.3, 0.4) is 0 Å². The van der Waals surface area contributed by atoms with Gasteiger partial charge >= 0.3 is 0 Å². The summed E-state index contributed by atoms with van der Waals surface area (Å²) in [4.78, 5) is 25.8. The van der Waals surface area contributed by atoms with E-state index in [0.717, 1.165) is 22.2 Å². The van der Waals surface area contributed by atoms with Gasteiger partial charge in [-0.2, -0.15) is 0 Å². The van der Waals surface area contributed by atoms with Crippen LogP contribution in [0.4, 0.5) is 5.69 Å². The highest BCUT2D eigenvalue weighted by atomic mass is 16.3. The fourth-order valence-electron chi connectivity index (χ4n) is 3.86. The van der Waals surface area contributed by atoms with Gasteiger partial charge in [-0.3, -0.25) is 9.59 Å². The highest BCUT2D eigenvalue weighted by Gasteiger charge is 2.29. The molecule has 1 aliphatic heterocycles. The third kappa shape index (κ3) is 2.31. The topological polar surface area (TPSA) is 71.3 Å². The van der Waals surface area contributed by atoms with Gasteiger partial charge in [0.25, 0.3) is 11.5 Å². The van der Waals surface area contributed by atoms with Crippen molar-refractivity contribution in [3.05, 3.63) is 69.0 Å². The molecule has 2 heterocycles. The maximum atomic E-state index is 13.0. The second kappa shape index (κ2) is 5.73. The fourth-order valence-corrected chi connectivity index (χ4v) is 3.86. The Kier molecular flexibility index (Phi) is 3.61. The minimum absolute atomic E-state index is 0.0457. The molecule has 2 N–H and O–H groups in total. The van der Waals surface area contributed by atoms with Crippen molar-refractivity contribution in [3.63, 3.8) is 0 Å². The van der Waals surface area contributed by atoms with Gasteiger partial charge in [-0.15, -0.1) is 0 Å². The molecule has 0 fully saturated rings. The second-order valence-electron chi connectivity index (χ2n) is 7.04. The lowest BCUT2D eigenvalue weighted by Crippen LogP contribution is -2.30. The number of amides is 1. The Balaban J connectivity index is 1.88. The molecule has 0 saturated carbocycles. The summed E-state index contributed by atoms with van der Waals surface area (Å²) in [5.74, 6) is -0.839. The number of hydrogen-bond donors (Lipinski definition) is 2. The third-order valence-electron chi connectivity index (χ3n) is 5.10. The van der Waals surface area contributed by atoms with E-state index in [9.17, 15) is 14.7 Å². The molecule has 1 aromatic heterocycles. The van der Waals surface area contributed by atoms with Crippen molar-refractivity contribution in [2.24, 2.45) is 0 Å². The SMILES string of the molecule is Cc1ccc(NC(=O)c2c(O)c3cccc4c3n(c2=O)C(C)C4)c(C)c1. The Bertz CT molecular complexity index is 1130. The van der Waals surface area contributed by atoms with Crippen LogP contribution in [0, 0.1) is 13.8 Å². The molecular weight excluding hydrogens is 328 g/mol. The lowest BCUT2D eigenvalue weighted by atomic mass is 10.1. The number of aryl methyl sites for hydroxylation is 2. The summed E-state index contributed by atoms with van der Waals surface area (Å²) in [6.07, 6.45) is 0.716. The second-order valence-corrected chi connectivity index (χ2v) is 7.04. The standard InChI is InChI=1S/C21H20N2O3/c1-11-7-8-16(12(2)9-11)22-20(25)17-19(24)15-6-4-5-14-10-13(3)23(18(14)15)21(17)26/h4-9,13,24H,10H2,1-3H3,(H,22,25). The number of hydrogen-bond acceptors (Lipinski definition) is 3. The lowest BCUT2D eigenvalue weighted by molar-refractivity contribution is 0.102. The summed E-state index contributed by atoms with van der Waals surface area (Å²) in [7, 11) is 0. The Morgan fingerprint density at radius 3 is 2.73 bits per heavy atom. The van der Waals surface area contributed by atoms with Crippen molar-refractivity contribution in [2.75, 3.05) is 5.32 Å². The van der Waals surface area contributed by atoms with Gasteiger partial charge < -0.3 is 15.0 Å². The molecule has 0 saturated heterocycles. The Labute approximate surface area is 150 Å². The molecule has 4 rings (SSSR count). The van der Waals surface area contributed by atoms with Crippen LogP contribution in [0.1, 0.15) is 40.0 Å². The molecule has 1 unspecified atom stereocenters. The van der Waals surface area contributed by atoms with Crippen molar-refractivity contribution in [1.29, 1.82) is 0 Å². The van der Waals surface area contributed by atoms with Crippen LogP contribution in [-0.2, 0) is 6.42 Å². The van der Waals surface area contributed by atoms with E-state index in [-0.39, 0.29) is 17.4 Å². The van der Waals surface area contributed by atoms with Gasteiger partial charge in [-0.1, -0.05) is 29.8 Å². The number of pyridine rings is 1. The number of para-hydroxylation sites is 1. The maximum absolute atomic E-state index is 13.0. The number of rotatable bonds is 2. The normalized spacial score (nSPS) is 15.4. The number of carbonyl (C=O) groups excluding carboxylic acids is 1. The van der Waals surface area contributed by atoms with Crippen molar-refractivity contribution < 1.29 is 9.90 Å². The quantitative estimate of drug-likeness (QED) is 0.742. The van der Waals surface area contributed by atoms with Crippen LogP contribution in [0.5, 0.6) is 5.75 Å². The van der Waals surface area contributed by atoms with E-state index in [4.69, 9.17) is 0 Å². The van der Waals surface area contributed by atoms with Gasteiger partial charge in [0.05, 0.1) is 5.52 Å². The average molecular weight is 348 g/mol. The number of nitrogens with zero attached hydrogens (tertiary/aromatic N) is 1. The zero-order chi connectivity index (χ0) is 18.6. The van der Waals surface area contributed by atoms with E-state index in [1.807, 2.05) is 45.0 Å². The number of aromatic nitrogens is 1. The van der Waals surface area contributed by atoms with Gasteiger partial charge in [0.15, 0.2) is 0 Å². The first-order valence-corrected chi connectivity index (χ1v) is 8.66. The number of benzene rings is 2. The molecular formula is C21H20N2O3. The summed E-state index contributed by atoms with van der Waals surface area (Å²) < 4.78 is 1.63. The van der Waals surface area contributed by atoms with E-state index in [2.05, 4.69) is 5.32 Å². The molecule has 1 amide bonds. The van der Waals surface area contributed by atoms with Crippen LogP contribution in [0.2, 0.25) is 0 Å².